The molecule has 212 valence electrons. The molecule has 0 spiro atoms. The monoisotopic (exact) mass is 544 g/mol. The van der Waals surface area contributed by atoms with Crippen molar-refractivity contribution >= 4 is 0 Å². The van der Waals surface area contributed by atoms with Crippen molar-refractivity contribution in [2.45, 2.75) is 77.1 Å². The number of allylic oxidation sites excluding steroid dienone is 2. The first kappa shape index (κ1) is 28.9. The number of halogens is 5. The fraction of sp³-hybridized carbons (Fsp3) is 0.655. The van der Waals surface area contributed by atoms with Gasteiger partial charge in [-0.3, -0.25) is 0 Å². The Labute approximate surface area is 221 Å². The Morgan fingerprint density at radius 1 is 0.947 bits per heavy atom. The topological polar surface area (TPSA) is 36.9 Å². The molecule has 0 N–H and O–H groups in total. The van der Waals surface area contributed by atoms with Gasteiger partial charge in [0.1, 0.15) is 5.75 Å². The first-order valence-corrected chi connectivity index (χ1v) is 13.7. The van der Waals surface area contributed by atoms with E-state index < -0.39 is 29.7 Å². The van der Waals surface area contributed by atoms with Gasteiger partial charge in [-0.15, -0.1) is 0 Å². The van der Waals surface area contributed by atoms with Crippen LogP contribution in [0.5, 0.6) is 11.5 Å². The summed E-state index contributed by atoms with van der Waals surface area (Å²) in [6.07, 6.45) is 6.13. The summed E-state index contributed by atoms with van der Waals surface area (Å²) < 4.78 is 89.0. The Balaban J connectivity index is 1.19. The summed E-state index contributed by atoms with van der Waals surface area (Å²) >= 11 is 0. The van der Waals surface area contributed by atoms with Crippen molar-refractivity contribution in [2.75, 3.05) is 13.2 Å². The second-order valence-electron chi connectivity index (χ2n) is 10.8. The average molecular weight is 545 g/mol. The van der Waals surface area contributed by atoms with Gasteiger partial charge in [0, 0.05) is 17.9 Å². The van der Waals surface area contributed by atoms with Crippen molar-refractivity contribution in [1.29, 1.82) is 0 Å². The van der Waals surface area contributed by atoms with E-state index in [-0.39, 0.29) is 24.2 Å². The molecule has 0 unspecified atom stereocenters. The van der Waals surface area contributed by atoms with Crippen molar-refractivity contribution in [2.24, 2.45) is 29.6 Å². The van der Waals surface area contributed by atoms with E-state index in [9.17, 15) is 22.0 Å². The molecule has 2 aliphatic carbocycles. The van der Waals surface area contributed by atoms with E-state index in [1.165, 1.54) is 0 Å². The minimum Gasteiger partial charge on any atom is -0.456 e. The fourth-order valence-electron chi connectivity index (χ4n) is 5.63. The Kier molecular flexibility index (Phi) is 10.1. The lowest BCUT2D eigenvalue weighted by molar-refractivity contribution is -0.229. The molecule has 2 saturated carbocycles. The molecular weight excluding hydrogens is 507 g/mol. The Bertz CT molecular complexity index is 940. The molecule has 1 saturated heterocycles. The van der Waals surface area contributed by atoms with Gasteiger partial charge in [0.25, 0.3) is 0 Å². The van der Waals surface area contributed by atoms with Crippen LogP contribution >= 0.6 is 0 Å². The van der Waals surface area contributed by atoms with Crippen molar-refractivity contribution < 1.29 is 40.9 Å². The maximum Gasteiger partial charge on any atom is 0.400 e. The summed E-state index contributed by atoms with van der Waals surface area (Å²) in [7, 11) is 0. The lowest BCUT2D eigenvalue weighted by Gasteiger charge is -2.37. The molecule has 1 aliphatic heterocycles. The first-order valence-electron chi connectivity index (χ1n) is 13.7. The number of alkyl halides is 2. The van der Waals surface area contributed by atoms with E-state index >= 15 is 0 Å². The minimum absolute atomic E-state index is 0.0762. The highest BCUT2D eigenvalue weighted by Crippen LogP contribution is 2.41. The van der Waals surface area contributed by atoms with Gasteiger partial charge >= 0.3 is 12.2 Å². The normalized spacial score (nSPS) is 30.7. The van der Waals surface area contributed by atoms with Gasteiger partial charge < -0.3 is 18.9 Å². The standard InChI is InChI=1S/C29H37F5O4/c1-2-19-16-36-28(37-17-19)22-9-5-20(6-10-22)3-4-21-7-11-23(12-8-21)29(33,34)38-24-13-14-26(25(30)15-24)35-18-27(31)32/h3-4,13-15,18-23,28H,2,5-12,16-17H2,1H3/b4-3+. The SMILES string of the molecule is CCC1COC(C2CCC(/C=C/C3CCC(C(F)(F)Oc4ccc(OC=C(F)F)c(F)c4)CC3)CC2)OC1. The minimum atomic E-state index is -3.47. The molecule has 0 amide bonds. The second kappa shape index (κ2) is 13.3. The maximum absolute atomic E-state index is 14.8. The zero-order valence-corrected chi connectivity index (χ0v) is 21.7. The fourth-order valence-corrected chi connectivity index (χ4v) is 5.63. The number of hydrogen-bond acceptors (Lipinski definition) is 4. The maximum atomic E-state index is 14.8. The largest absolute Gasteiger partial charge is 0.456 e. The molecule has 0 radical (unpaired) electrons. The van der Waals surface area contributed by atoms with Gasteiger partial charge in [0.15, 0.2) is 24.1 Å². The molecule has 4 rings (SSSR count). The van der Waals surface area contributed by atoms with Crippen LogP contribution in [0.3, 0.4) is 0 Å². The number of hydrogen-bond donors (Lipinski definition) is 0. The summed E-state index contributed by atoms with van der Waals surface area (Å²) in [6.45, 7) is 3.73. The van der Waals surface area contributed by atoms with Gasteiger partial charge in [-0.1, -0.05) is 19.1 Å². The Hall–Kier alpha value is -2.13. The predicted molar refractivity (Wildman–Crippen MR) is 132 cm³/mol. The number of rotatable bonds is 9. The molecule has 4 nitrogen and oxygen atoms in total. The molecule has 9 heteroatoms. The third-order valence-electron chi connectivity index (χ3n) is 8.11. The number of ether oxygens (including phenoxy) is 4. The van der Waals surface area contributed by atoms with Crippen LogP contribution in [0.25, 0.3) is 0 Å². The summed E-state index contributed by atoms with van der Waals surface area (Å²) in [4.78, 5) is 0. The zero-order valence-electron chi connectivity index (χ0n) is 21.7. The predicted octanol–water partition coefficient (Wildman–Crippen LogP) is 8.48. The summed E-state index contributed by atoms with van der Waals surface area (Å²) in [5.41, 5.74) is 0. The van der Waals surface area contributed by atoms with Crippen LogP contribution in [0.2, 0.25) is 0 Å². The second-order valence-corrected chi connectivity index (χ2v) is 10.8. The highest BCUT2D eigenvalue weighted by Gasteiger charge is 2.44. The smallest absolute Gasteiger partial charge is 0.400 e. The van der Waals surface area contributed by atoms with Crippen LogP contribution in [0.4, 0.5) is 22.0 Å². The van der Waals surface area contributed by atoms with Gasteiger partial charge in [-0.25, -0.2) is 4.39 Å². The molecule has 0 atom stereocenters. The molecule has 3 aliphatic rings. The summed E-state index contributed by atoms with van der Waals surface area (Å²) in [5.74, 6) is -1.22. The van der Waals surface area contributed by atoms with Crippen LogP contribution in [0.1, 0.15) is 64.7 Å². The molecule has 3 fully saturated rings. The van der Waals surface area contributed by atoms with E-state index in [0.717, 1.165) is 57.5 Å². The van der Waals surface area contributed by atoms with E-state index in [2.05, 4.69) is 23.8 Å². The summed E-state index contributed by atoms with van der Waals surface area (Å²) in [6, 6.07) is 2.77. The van der Waals surface area contributed by atoms with Gasteiger partial charge in [0.05, 0.1) is 19.1 Å². The highest BCUT2D eigenvalue weighted by molar-refractivity contribution is 5.33. The van der Waals surface area contributed by atoms with Crippen molar-refractivity contribution in [1.82, 2.24) is 0 Å². The Morgan fingerprint density at radius 2 is 1.55 bits per heavy atom. The third kappa shape index (κ3) is 7.94. The van der Waals surface area contributed by atoms with Gasteiger partial charge in [-0.05, 0) is 81.8 Å². The van der Waals surface area contributed by atoms with Crippen LogP contribution < -0.4 is 9.47 Å². The van der Waals surface area contributed by atoms with Crippen LogP contribution in [0, 0.1) is 35.4 Å². The van der Waals surface area contributed by atoms with Crippen molar-refractivity contribution in [3.63, 3.8) is 0 Å². The lowest BCUT2D eigenvalue weighted by Crippen LogP contribution is -2.38. The molecular formula is C29H37F5O4. The summed E-state index contributed by atoms with van der Waals surface area (Å²) in [5, 5.41) is 0. The molecule has 1 heterocycles. The molecule has 1 aromatic rings. The first-order chi connectivity index (χ1) is 18.2. The van der Waals surface area contributed by atoms with Gasteiger partial charge in [0.2, 0.25) is 0 Å². The Morgan fingerprint density at radius 3 is 2.11 bits per heavy atom. The molecule has 38 heavy (non-hydrogen) atoms. The zero-order chi connectivity index (χ0) is 27.1. The molecule has 0 aromatic heterocycles. The van der Waals surface area contributed by atoms with Crippen LogP contribution in [0.15, 0.2) is 42.7 Å². The van der Waals surface area contributed by atoms with E-state index in [1.54, 1.807) is 0 Å². The number of benzene rings is 1. The van der Waals surface area contributed by atoms with E-state index in [1.807, 2.05) is 0 Å². The highest BCUT2D eigenvalue weighted by atomic mass is 19.3. The molecule has 0 bridgehead atoms. The quantitative estimate of drug-likeness (QED) is 0.178. The molecule has 1 aromatic carbocycles. The van der Waals surface area contributed by atoms with E-state index in [0.29, 0.717) is 49.5 Å². The van der Waals surface area contributed by atoms with Crippen LogP contribution in [-0.4, -0.2) is 25.6 Å². The average Bonchev–Trinajstić information content (AvgIpc) is 2.92. The van der Waals surface area contributed by atoms with Crippen molar-refractivity contribution in [3.8, 4) is 11.5 Å². The lowest BCUT2D eigenvalue weighted by atomic mass is 9.78. The van der Waals surface area contributed by atoms with E-state index in [4.69, 9.17) is 14.2 Å². The van der Waals surface area contributed by atoms with Crippen LogP contribution in [-0.2, 0) is 9.47 Å². The third-order valence-corrected chi connectivity index (χ3v) is 8.11. The van der Waals surface area contributed by atoms with Gasteiger partial charge in [-0.2, -0.15) is 17.6 Å². The van der Waals surface area contributed by atoms with Crippen molar-refractivity contribution in [3.05, 3.63) is 48.5 Å².